The number of rotatable bonds is 2. The van der Waals surface area contributed by atoms with E-state index in [4.69, 9.17) is 0 Å². The van der Waals surface area contributed by atoms with E-state index in [-0.39, 0.29) is 11.8 Å². The summed E-state index contributed by atoms with van der Waals surface area (Å²) in [7, 11) is 0. The van der Waals surface area contributed by atoms with Gasteiger partial charge in [0.2, 0.25) is 5.91 Å². The van der Waals surface area contributed by atoms with Crippen LogP contribution in [0.2, 0.25) is 0 Å². The Morgan fingerprint density at radius 1 is 1.21 bits per heavy atom. The zero-order chi connectivity index (χ0) is 13.1. The van der Waals surface area contributed by atoms with E-state index in [1.165, 1.54) is 0 Å². The lowest BCUT2D eigenvalue weighted by molar-refractivity contribution is -0.120. The van der Waals surface area contributed by atoms with Gasteiger partial charge in [-0.05, 0) is 31.4 Å². The maximum absolute atomic E-state index is 12.2. The first-order chi connectivity index (χ1) is 9.34. The Morgan fingerprint density at radius 2 is 2.11 bits per heavy atom. The third-order valence-corrected chi connectivity index (χ3v) is 3.53. The van der Waals surface area contributed by atoms with Crippen LogP contribution in [0.15, 0.2) is 48.7 Å². The lowest BCUT2D eigenvalue weighted by Crippen LogP contribution is -2.23. The highest BCUT2D eigenvalue weighted by atomic mass is 16.1. The number of benzene rings is 1. The predicted octanol–water partition coefficient (Wildman–Crippen LogP) is 3.53. The Labute approximate surface area is 112 Å². The number of hydrogen-bond acceptors (Lipinski definition) is 2. The summed E-state index contributed by atoms with van der Waals surface area (Å²) < 4.78 is 0. The number of nitrogens with zero attached hydrogens (tertiary/aromatic N) is 1. The number of amides is 1. The summed E-state index contributed by atoms with van der Waals surface area (Å²) >= 11 is 0. The van der Waals surface area contributed by atoms with E-state index in [2.05, 4.69) is 22.5 Å². The average molecular weight is 252 g/mol. The number of aromatic nitrogens is 1. The molecule has 0 radical (unpaired) electrons. The summed E-state index contributed by atoms with van der Waals surface area (Å²) in [6, 6.07) is 9.76. The molecule has 0 saturated heterocycles. The number of carbonyl (C=O) groups excluding carboxylic acids is 1. The minimum absolute atomic E-state index is 0.0870. The molecule has 1 aromatic heterocycles. The second-order valence-electron chi connectivity index (χ2n) is 4.85. The molecule has 1 aromatic carbocycles. The van der Waals surface area contributed by atoms with Gasteiger partial charge in [0.25, 0.3) is 0 Å². The van der Waals surface area contributed by atoms with Gasteiger partial charge >= 0.3 is 0 Å². The van der Waals surface area contributed by atoms with E-state index >= 15 is 0 Å². The van der Waals surface area contributed by atoms with Crippen LogP contribution in [0.25, 0.3) is 10.9 Å². The molecule has 1 heterocycles. The number of pyridine rings is 1. The van der Waals surface area contributed by atoms with Gasteiger partial charge in [-0.1, -0.05) is 30.4 Å². The topological polar surface area (TPSA) is 42.0 Å². The van der Waals surface area contributed by atoms with Crippen molar-refractivity contribution in [1.82, 2.24) is 4.98 Å². The fourth-order valence-electron chi connectivity index (χ4n) is 2.47. The lowest BCUT2D eigenvalue weighted by atomic mass is 9.93. The molecule has 1 N–H and O–H groups in total. The lowest BCUT2D eigenvalue weighted by Gasteiger charge is -2.17. The van der Waals surface area contributed by atoms with Crippen molar-refractivity contribution in [3.8, 4) is 0 Å². The van der Waals surface area contributed by atoms with Crippen LogP contribution in [-0.2, 0) is 4.79 Å². The number of hydrogen-bond donors (Lipinski definition) is 1. The standard InChI is InChI=1S/C16H16N2O/c19-16(13-6-2-1-3-7-13)18-14-10-4-8-12-9-5-11-17-15(12)14/h1-2,4-5,8-11,13H,3,6-7H2,(H,18,19)/t13-/m1/s1. The van der Waals surface area contributed by atoms with Gasteiger partial charge in [0.1, 0.15) is 0 Å². The molecule has 0 unspecified atom stereocenters. The molecule has 3 heteroatoms. The zero-order valence-corrected chi connectivity index (χ0v) is 10.7. The number of carbonyl (C=O) groups is 1. The Balaban J connectivity index is 1.85. The number of fused-ring (bicyclic) bond motifs is 1. The van der Waals surface area contributed by atoms with Gasteiger partial charge in [-0.25, -0.2) is 0 Å². The average Bonchev–Trinajstić information content (AvgIpc) is 2.48. The molecular formula is C16H16N2O. The van der Waals surface area contributed by atoms with Gasteiger partial charge in [0.15, 0.2) is 0 Å². The third-order valence-electron chi connectivity index (χ3n) is 3.53. The first-order valence-electron chi connectivity index (χ1n) is 6.64. The van der Waals surface area contributed by atoms with Crippen LogP contribution in [0.5, 0.6) is 0 Å². The second-order valence-corrected chi connectivity index (χ2v) is 4.85. The molecule has 0 aliphatic heterocycles. The van der Waals surface area contributed by atoms with Crippen molar-refractivity contribution in [1.29, 1.82) is 0 Å². The molecule has 1 aliphatic carbocycles. The minimum Gasteiger partial charge on any atom is -0.324 e. The first-order valence-corrected chi connectivity index (χ1v) is 6.64. The molecule has 0 saturated carbocycles. The summed E-state index contributed by atoms with van der Waals surface area (Å²) in [4.78, 5) is 16.6. The Bertz CT molecular complexity index is 628. The Hall–Kier alpha value is -2.16. The first kappa shape index (κ1) is 11.9. The Morgan fingerprint density at radius 3 is 2.95 bits per heavy atom. The van der Waals surface area contributed by atoms with E-state index in [0.29, 0.717) is 0 Å². The second kappa shape index (κ2) is 5.22. The minimum atomic E-state index is 0.0870. The third kappa shape index (κ3) is 2.50. The fourth-order valence-corrected chi connectivity index (χ4v) is 2.47. The number of allylic oxidation sites excluding steroid dienone is 2. The maximum Gasteiger partial charge on any atom is 0.227 e. The van der Waals surface area contributed by atoms with Crippen molar-refractivity contribution in [3.63, 3.8) is 0 Å². The molecule has 1 aliphatic rings. The summed E-state index contributed by atoms with van der Waals surface area (Å²) in [5, 5.41) is 4.06. The van der Waals surface area contributed by atoms with Crippen LogP contribution in [0.4, 0.5) is 5.69 Å². The van der Waals surface area contributed by atoms with Gasteiger partial charge in [0.05, 0.1) is 11.2 Å². The van der Waals surface area contributed by atoms with Gasteiger partial charge in [-0.2, -0.15) is 0 Å². The highest BCUT2D eigenvalue weighted by Gasteiger charge is 2.19. The van der Waals surface area contributed by atoms with Crippen LogP contribution in [0.3, 0.4) is 0 Å². The highest BCUT2D eigenvalue weighted by molar-refractivity contribution is 6.01. The van der Waals surface area contributed by atoms with Gasteiger partial charge < -0.3 is 5.32 Å². The van der Waals surface area contributed by atoms with Crippen LogP contribution in [-0.4, -0.2) is 10.9 Å². The van der Waals surface area contributed by atoms with Crippen molar-refractivity contribution in [2.24, 2.45) is 5.92 Å². The largest absolute Gasteiger partial charge is 0.324 e. The molecule has 3 nitrogen and oxygen atoms in total. The monoisotopic (exact) mass is 252 g/mol. The zero-order valence-electron chi connectivity index (χ0n) is 10.7. The van der Waals surface area contributed by atoms with Crippen molar-refractivity contribution in [2.75, 3.05) is 5.32 Å². The summed E-state index contributed by atoms with van der Waals surface area (Å²) in [5.41, 5.74) is 1.65. The molecular weight excluding hydrogens is 236 g/mol. The molecule has 1 amide bonds. The summed E-state index contributed by atoms with van der Waals surface area (Å²) in [5.74, 6) is 0.187. The number of para-hydroxylation sites is 1. The Kier molecular flexibility index (Phi) is 3.27. The highest BCUT2D eigenvalue weighted by Crippen LogP contribution is 2.24. The van der Waals surface area contributed by atoms with Gasteiger partial charge in [-0.15, -0.1) is 0 Å². The molecule has 3 rings (SSSR count). The van der Waals surface area contributed by atoms with E-state index < -0.39 is 0 Å². The predicted molar refractivity (Wildman–Crippen MR) is 76.9 cm³/mol. The fraction of sp³-hybridized carbons (Fsp3) is 0.250. The summed E-state index contributed by atoms with van der Waals surface area (Å²) in [6.07, 6.45) is 8.75. The van der Waals surface area contributed by atoms with Crippen LogP contribution < -0.4 is 5.32 Å². The summed E-state index contributed by atoms with van der Waals surface area (Å²) in [6.45, 7) is 0. The molecule has 2 aromatic rings. The molecule has 1 atom stereocenters. The van der Waals surface area contributed by atoms with Crippen LogP contribution >= 0.6 is 0 Å². The smallest absolute Gasteiger partial charge is 0.227 e. The van der Waals surface area contributed by atoms with Crippen LogP contribution in [0, 0.1) is 5.92 Å². The van der Waals surface area contributed by atoms with Gasteiger partial charge in [-0.3, -0.25) is 9.78 Å². The maximum atomic E-state index is 12.2. The number of nitrogens with one attached hydrogen (secondary N) is 1. The van der Waals surface area contributed by atoms with Crippen LogP contribution in [0.1, 0.15) is 19.3 Å². The van der Waals surface area contributed by atoms with Crippen molar-refractivity contribution < 1.29 is 4.79 Å². The molecule has 19 heavy (non-hydrogen) atoms. The van der Waals surface area contributed by atoms with Crippen molar-refractivity contribution in [3.05, 3.63) is 48.7 Å². The quantitative estimate of drug-likeness (QED) is 0.831. The number of anilines is 1. The molecule has 0 bridgehead atoms. The molecule has 0 spiro atoms. The SMILES string of the molecule is O=C(Nc1cccc2cccnc12)[C@@H]1CC=CCC1. The normalized spacial score (nSPS) is 18.4. The van der Waals surface area contributed by atoms with E-state index in [1.54, 1.807) is 6.20 Å². The van der Waals surface area contributed by atoms with E-state index in [9.17, 15) is 4.79 Å². The van der Waals surface area contributed by atoms with Crippen molar-refractivity contribution in [2.45, 2.75) is 19.3 Å². The molecule has 96 valence electrons. The van der Waals surface area contributed by atoms with Crippen molar-refractivity contribution >= 4 is 22.5 Å². The van der Waals surface area contributed by atoms with Gasteiger partial charge in [0, 0.05) is 17.5 Å². The van der Waals surface area contributed by atoms with E-state index in [0.717, 1.165) is 35.9 Å². The molecule has 0 fully saturated rings. The van der Waals surface area contributed by atoms with E-state index in [1.807, 2.05) is 30.3 Å².